The fourth-order valence-electron chi connectivity index (χ4n) is 2.66. The van der Waals surface area contributed by atoms with Crippen molar-refractivity contribution in [2.45, 2.75) is 33.1 Å². The molecule has 0 aliphatic carbocycles. The predicted molar refractivity (Wildman–Crippen MR) is 87.8 cm³/mol. The van der Waals surface area contributed by atoms with Gasteiger partial charge in [-0.2, -0.15) is 15.4 Å². The normalized spacial score (nSPS) is 12.0. The summed E-state index contributed by atoms with van der Waals surface area (Å²) >= 11 is 6.49. The fourth-order valence-corrected chi connectivity index (χ4v) is 2.92. The minimum absolute atomic E-state index is 0.0261. The molecule has 0 radical (unpaired) electrons. The van der Waals surface area contributed by atoms with Crippen LogP contribution in [0.5, 0.6) is 0 Å². The van der Waals surface area contributed by atoms with Crippen molar-refractivity contribution in [3.63, 3.8) is 0 Å². The third-order valence-corrected chi connectivity index (χ3v) is 4.01. The SMILES string of the molecule is Cc1ccc(C(C)(C)C)c(-c2c(Cl)ccc3n[nH]nc23)c1. The topological polar surface area (TPSA) is 41.6 Å². The number of benzene rings is 2. The Morgan fingerprint density at radius 2 is 1.81 bits per heavy atom. The van der Waals surface area contributed by atoms with Crippen molar-refractivity contribution < 1.29 is 0 Å². The molecule has 0 fully saturated rings. The van der Waals surface area contributed by atoms with Crippen molar-refractivity contribution in [1.29, 1.82) is 0 Å². The molecule has 0 atom stereocenters. The molecule has 3 nitrogen and oxygen atoms in total. The highest BCUT2D eigenvalue weighted by Gasteiger charge is 2.22. The van der Waals surface area contributed by atoms with Gasteiger partial charge in [-0.15, -0.1) is 0 Å². The number of halogens is 1. The van der Waals surface area contributed by atoms with Gasteiger partial charge in [-0.1, -0.05) is 56.1 Å². The summed E-state index contributed by atoms with van der Waals surface area (Å²) in [7, 11) is 0. The van der Waals surface area contributed by atoms with Crippen LogP contribution in [0, 0.1) is 6.92 Å². The van der Waals surface area contributed by atoms with Crippen LogP contribution in [0.2, 0.25) is 5.02 Å². The van der Waals surface area contributed by atoms with Crippen LogP contribution in [0.4, 0.5) is 0 Å². The van der Waals surface area contributed by atoms with Crippen LogP contribution in [0.1, 0.15) is 31.9 Å². The van der Waals surface area contributed by atoms with E-state index in [2.05, 4.69) is 61.3 Å². The molecule has 0 amide bonds. The van der Waals surface area contributed by atoms with Crippen LogP contribution in [-0.2, 0) is 5.41 Å². The summed E-state index contributed by atoms with van der Waals surface area (Å²) in [5, 5.41) is 11.8. The number of H-pyrrole nitrogens is 1. The van der Waals surface area contributed by atoms with Gasteiger partial charge in [0, 0.05) is 5.56 Å². The third-order valence-electron chi connectivity index (χ3n) is 3.69. The first-order valence-corrected chi connectivity index (χ1v) is 7.36. The van der Waals surface area contributed by atoms with Gasteiger partial charge >= 0.3 is 0 Å². The minimum atomic E-state index is 0.0261. The highest BCUT2D eigenvalue weighted by atomic mass is 35.5. The van der Waals surface area contributed by atoms with Crippen molar-refractivity contribution in [3.8, 4) is 11.1 Å². The number of hydrogen-bond acceptors (Lipinski definition) is 2. The van der Waals surface area contributed by atoms with Crippen molar-refractivity contribution in [1.82, 2.24) is 15.4 Å². The number of nitrogens with zero attached hydrogens (tertiary/aromatic N) is 2. The van der Waals surface area contributed by atoms with Crippen molar-refractivity contribution in [3.05, 3.63) is 46.5 Å². The summed E-state index contributed by atoms with van der Waals surface area (Å²) in [5.74, 6) is 0. The molecule has 3 aromatic rings. The van der Waals surface area contributed by atoms with Crippen LogP contribution in [0.15, 0.2) is 30.3 Å². The Balaban J connectivity index is 2.40. The third kappa shape index (κ3) is 2.42. The van der Waals surface area contributed by atoms with E-state index >= 15 is 0 Å². The Bertz CT molecular complexity index is 813. The van der Waals surface area contributed by atoms with E-state index in [4.69, 9.17) is 11.6 Å². The van der Waals surface area contributed by atoms with E-state index in [1.807, 2.05) is 12.1 Å². The lowest BCUT2D eigenvalue weighted by Crippen LogP contribution is -2.13. The van der Waals surface area contributed by atoms with Gasteiger partial charge in [0.25, 0.3) is 0 Å². The van der Waals surface area contributed by atoms with Gasteiger partial charge in [0.1, 0.15) is 11.0 Å². The Hall–Kier alpha value is -1.87. The van der Waals surface area contributed by atoms with E-state index < -0.39 is 0 Å². The first kappa shape index (κ1) is 14.1. The number of aromatic nitrogens is 3. The highest BCUT2D eigenvalue weighted by Crippen LogP contribution is 2.39. The standard InChI is InChI=1S/C17H18ClN3/c1-10-5-6-12(17(2,3)4)11(9-10)15-13(18)7-8-14-16(15)20-21-19-14/h5-9H,1-4H3,(H,19,20,21). The molecular formula is C17H18ClN3. The lowest BCUT2D eigenvalue weighted by atomic mass is 9.81. The van der Waals surface area contributed by atoms with Gasteiger partial charge in [-0.25, -0.2) is 0 Å². The van der Waals surface area contributed by atoms with Crippen LogP contribution in [0.25, 0.3) is 22.2 Å². The molecule has 0 unspecified atom stereocenters. The number of aryl methyl sites for hydroxylation is 1. The largest absolute Gasteiger partial charge is 0.197 e. The molecule has 0 saturated carbocycles. The summed E-state index contributed by atoms with van der Waals surface area (Å²) in [5.41, 5.74) is 6.22. The van der Waals surface area contributed by atoms with Crippen LogP contribution in [-0.4, -0.2) is 15.4 Å². The minimum Gasteiger partial charge on any atom is -0.197 e. The summed E-state index contributed by atoms with van der Waals surface area (Å²) in [4.78, 5) is 0. The van der Waals surface area contributed by atoms with E-state index in [-0.39, 0.29) is 5.41 Å². The molecule has 1 heterocycles. The first-order chi connectivity index (χ1) is 9.88. The Morgan fingerprint density at radius 1 is 1.05 bits per heavy atom. The number of nitrogens with one attached hydrogen (secondary N) is 1. The van der Waals surface area contributed by atoms with Gasteiger partial charge in [-0.05, 0) is 35.6 Å². The molecule has 0 bridgehead atoms. The number of rotatable bonds is 1. The Morgan fingerprint density at radius 3 is 2.52 bits per heavy atom. The lowest BCUT2D eigenvalue weighted by Gasteiger charge is -2.24. The van der Waals surface area contributed by atoms with Gasteiger partial charge in [0.2, 0.25) is 0 Å². The van der Waals surface area contributed by atoms with Crippen molar-refractivity contribution in [2.24, 2.45) is 0 Å². The molecule has 1 N–H and O–H groups in total. The molecular weight excluding hydrogens is 282 g/mol. The van der Waals surface area contributed by atoms with E-state index in [0.717, 1.165) is 22.2 Å². The van der Waals surface area contributed by atoms with E-state index in [1.54, 1.807) is 0 Å². The van der Waals surface area contributed by atoms with Gasteiger partial charge in [-0.3, -0.25) is 0 Å². The van der Waals surface area contributed by atoms with Crippen LogP contribution in [0.3, 0.4) is 0 Å². The smallest absolute Gasteiger partial charge is 0.122 e. The average Bonchev–Trinajstić information content (AvgIpc) is 2.85. The zero-order chi connectivity index (χ0) is 15.2. The Labute approximate surface area is 129 Å². The van der Waals surface area contributed by atoms with Crippen LogP contribution >= 0.6 is 11.6 Å². The summed E-state index contributed by atoms with van der Waals surface area (Å²) in [6.45, 7) is 8.71. The second-order valence-corrected chi connectivity index (χ2v) is 6.82. The predicted octanol–water partition coefficient (Wildman–Crippen LogP) is 4.88. The fraction of sp³-hybridized carbons (Fsp3) is 0.294. The molecule has 21 heavy (non-hydrogen) atoms. The second-order valence-electron chi connectivity index (χ2n) is 6.41. The zero-order valence-corrected chi connectivity index (χ0v) is 13.4. The zero-order valence-electron chi connectivity index (χ0n) is 12.7. The maximum Gasteiger partial charge on any atom is 0.122 e. The van der Waals surface area contributed by atoms with E-state index in [0.29, 0.717) is 5.02 Å². The quantitative estimate of drug-likeness (QED) is 0.695. The monoisotopic (exact) mass is 299 g/mol. The molecule has 2 aromatic carbocycles. The lowest BCUT2D eigenvalue weighted by molar-refractivity contribution is 0.592. The van der Waals surface area contributed by atoms with Gasteiger partial charge in [0.05, 0.1) is 5.02 Å². The first-order valence-electron chi connectivity index (χ1n) is 6.98. The molecule has 0 saturated heterocycles. The molecule has 108 valence electrons. The molecule has 1 aromatic heterocycles. The molecule has 0 aliphatic rings. The number of aromatic amines is 1. The molecule has 4 heteroatoms. The van der Waals surface area contributed by atoms with Crippen molar-refractivity contribution >= 4 is 22.6 Å². The van der Waals surface area contributed by atoms with Crippen LogP contribution < -0.4 is 0 Å². The Kier molecular flexibility index (Phi) is 3.25. The highest BCUT2D eigenvalue weighted by molar-refractivity contribution is 6.34. The summed E-state index contributed by atoms with van der Waals surface area (Å²) in [6.07, 6.45) is 0. The van der Waals surface area contributed by atoms with Gasteiger partial charge in [0.15, 0.2) is 0 Å². The number of hydrogen-bond donors (Lipinski definition) is 1. The van der Waals surface area contributed by atoms with E-state index in [9.17, 15) is 0 Å². The second kappa shape index (κ2) is 4.85. The molecule has 0 spiro atoms. The van der Waals surface area contributed by atoms with Gasteiger partial charge < -0.3 is 0 Å². The molecule has 0 aliphatic heterocycles. The van der Waals surface area contributed by atoms with E-state index in [1.165, 1.54) is 11.1 Å². The molecule has 3 rings (SSSR count). The maximum atomic E-state index is 6.49. The summed E-state index contributed by atoms with van der Waals surface area (Å²) in [6, 6.07) is 10.3. The maximum absolute atomic E-state index is 6.49. The van der Waals surface area contributed by atoms with Crippen molar-refractivity contribution in [2.75, 3.05) is 0 Å². The average molecular weight is 300 g/mol. The number of fused-ring (bicyclic) bond motifs is 1. The summed E-state index contributed by atoms with van der Waals surface area (Å²) < 4.78 is 0.